The number of likely N-dealkylation sites (N-methyl/N-ethyl adjacent to an activating group) is 1. The van der Waals surface area contributed by atoms with E-state index >= 15 is 0 Å². The van der Waals surface area contributed by atoms with Gasteiger partial charge in [-0.3, -0.25) is 0 Å². The minimum atomic E-state index is 0.406. The summed E-state index contributed by atoms with van der Waals surface area (Å²) in [7, 11) is 3.92. The van der Waals surface area contributed by atoms with E-state index in [0.717, 1.165) is 0 Å². The average molecular weight is 129 g/mol. The van der Waals surface area contributed by atoms with Crippen molar-refractivity contribution in [2.75, 3.05) is 20.7 Å². The molecular formula is C7H15NO. The number of ether oxygens (including phenoxy) is 1. The predicted octanol–water partition coefficient (Wildman–Crippen LogP) is 0.725. The molecule has 1 aliphatic rings. The zero-order valence-electron chi connectivity index (χ0n) is 6.42. The van der Waals surface area contributed by atoms with Crippen molar-refractivity contribution in [3.63, 3.8) is 0 Å². The molecule has 1 heterocycles. The Morgan fingerprint density at radius 3 is 2.44 bits per heavy atom. The fraction of sp³-hybridized carbons (Fsp3) is 1.00. The average Bonchev–Trinajstić information content (AvgIpc) is 1.84. The minimum absolute atomic E-state index is 0.406. The van der Waals surface area contributed by atoms with Crippen LogP contribution in [0.2, 0.25) is 0 Å². The molecule has 0 radical (unpaired) electrons. The Balaban J connectivity index is 2.25. The number of rotatable bonds is 2. The highest BCUT2D eigenvalue weighted by atomic mass is 16.5. The lowest BCUT2D eigenvalue weighted by Gasteiger charge is -2.41. The second-order valence-corrected chi connectivity index (χ2v) is 2.78. The number of methoxy groups -OCH3 is 1. The number of hydrogen-bond donors (Lipinski definition) is 0. The van der Waals surface area contributed by atoms with Gasteiger partial charge in [0.25, 0.3) is 0 Å². The fourth-order valence-corrected chi connectivity index (χ4v) is 1.29. The summed E-state index contributed by atoms with van der Waals surface area (Å²) < 4.78 is 5.18. The van der Waals surface area contributed by atoms with E-state index in [2.05, 4.69) is 18.9 Å². The molecule has 1 aliphatic heterocycles. The van der Waals surface area contributed by atoms with E-state index in [9.17, 15) is 0 Å². The van der Waals surface area contributed by atoms with E-state index < -0.39 is 0 Å². The Hall–Kier alpha value is -0.0800. The summed E-state index contributed by atoms with van der Waals surface area (Å²) in [5.41, 5.74) is 0. The van der Waals surface area contributed by atoms with Crippen LogP contribution in [0.15, 0.2) is 0 Å². The first-order valence-electron chi connectivity index (χ1n) is 3.48. The van der Waals surface area contributed by atoms with Crippen molar-refractivity contribution in [2.45, 2.75) is 25.5 Å². The highest BCUT2D eigenvalue weighted by Crippen LogP contribution is 2.18. The van der Waals surface area contributed by atoms with E-state index in [1.54, 1.807) is 7.11 Å². The van der Waals surface area contributed by atoms with Crippen LogP contribution >= 0.6 is 0 Å². The predicted molar refractivity (Wildman–Crippen MR) is 37.5 cm³/mol. The van der Waals surface area contributed by atoms with Crippen LogP contribution in [0.4, 0.5) is 0 Å². The van der Waals surface area contributed by atoms with Crippen molar-refractivity contribution in [1.82, 2.24) is 4.90 Å². The highest BCUT2D eigenvalue weighted by molar-refractivity contribution is 4.84. The summed E-state index contributed by atoms with van der Waals surface area (Å²) in [6, 6.07) is 0.676. The summed E-state index contributed by atoms with van der Waals surface area (Å²) in [5.74, 6) is 0. The maximum absolute atomic E-state index is 5.18. The van der Waals surface area contributed by atoms with Crippen molar-refractivity contribution >= 4 is 0 Å². The van der Waals surface area contributed by atoms with Gasteiger partial charge in [0.15, 0.2) is 0 Å². The molecule has 2 heteroatoms. The summed E-state index contributed by atoms with van der Waals surface area (Å²) in [6.45, 7) is 3.36. The van der Waals surface area contributed by atoms with E-state index in [1.807, 2.05) is 0 Å². The topological polar surface area (TPSA) is 12.5 Å². The van der Waals surface area contributed by atoms with Gasteiger partial charge in [0, 0.05) is 13.2 Å². The van der Waals surface area contributed by atoms with Crippen molar-refractivity contribution in [3.05, 3.63) is 0 Å². The molecule has 0 aromatic rings. The number of likely N-dealkylation sites (tertiary alicyclic amines) is 1. The molecule has 1 fully saturated rings. The Bertz CT molecular complexity index is 94.9. The van der Waals surface area contributed by atoms with Gasteiger partial charge in [0.1, 0.15) is 0 Å². The summed E-state index contributed by atoms with van der Waals surface area (Å²) in [4.78, 5) is 2.33. The summed E-state index contributed by atoms with van der Waals surface area (Å²) in [6.07, 6.45) is 1.70. The smallest absolute Gasteiger partial charge is 0.0698 e. The Morgan fingerprint density at radius 2 is 2.33 bits per heavy atom. The molecule has 0 aliphatic carbocycles. The van der Waals surface area contributed by atoms with Gasteiger partial charge in [-0.2, -0.15) is 0 Å². The highest BCUT2D eigenvalue weighted by Gasteiger charge is 2.28. The second kappa shape index (κ2) is 2.67. The van der Waals surface area contributed by atoms with Crippen LogP contribution in [0, 0.1) is 0 Å². The van der Waals surface area contributed by atoms with Crippen molar-refractivity contribution < 1.29 is 4.74 Å². The molecule has 0 amide bonds. The van der Waals surface area contributed by atoms with Gasteiger partial charge in [0.05, 0.1) is 6.10 Å². The van der Waals surface area contributed by atoms with Crippen LogP contribution in [0.1, 0.15) is 13.3 Å². The molecule has 0 N–H and O–H groups in total. The van der Waals surface area contributed by atoms with E-state index in [-0.39, 0.29) is 0 Å². The quantitative estimate of drug-likeness (QED) is 0.545. The van der Waals surface area contributed by atoms with Crippen LogP contribution in [0.25, 0.3) is 0 Å². The number of nitrogens with zero attached hydrogens (tertiary/aromatic N) is 1. The van der Waals surface area contributed by atoms with Crippen LogP contribution in [-0.2, 0) is 4.74 Å². The van der Waals surface area contributed by atoms with Gasteiger partial charge in [0.2, 0.25) is 0 Å². The molecule has 0 bridgehead atoms. The normalized spacial score (nSPS) is 31.7. The van der Waals surface area contributed by atoms with Crippen LogP contribution in [-0.4, -0.2) is 37.7 Å². The first-order chi connectivity index (χ1) is 4.25. The standard InChI is InChI=1S/C7H15NO/c1-6(9-3)7-4-5-8(7)2/h6-7H,4-5H2,1-3H3/t6-,7-/m0/s1. The first kappa shape index (κ1) is 7.03. The molecule has 1 rings (SSSR count). The van der Waals surface area contributed by atoms with Gasteiger partial charge in [-0.05, 0) is 26.9 Å². The zero-order valence-corrected chi connectivity index (χ0v) is 6.42. The lowest BCUT2D eigenvalue weighted by molar-refractivity contribution is -0.0131. The van der Waals surface area contributed by atoms with Crippen molar-refractivity contribution in [3.8, 4) is 0 Å². The zero-order chi connectivity index (χ0) is 6.85. The maximum atomic E-state index is 5.18. The molecule has 0 saturated carbocycles. The Labute approximate surface area is 56.8 Å². The number of hydrogen-bond acceptors (Lipinski definition) is 2. The molecule has 2 atom stereocenters. The minimum Gasteiger partial charge on any atom is -0.380 e. The molecule has 2 nitrogen and oxygen atoms in total. The Kier molecular flexibility index (Phi) is 2.09. The largest absolute Gasteiger partial charge is 0.380 e. The molecule has 0 aromatic carbocycles. The van der Waals surface area contributed by atoms with Crippen LogP contribution < -0.4 is 0 Å². The molecule has 0 unspecified atom stereocenters. The van der Waals surface area contributed by atoms with Gasteiger partial charge >= 0.3 is 0 Å². The molecular weight excluding hydrogens is 114 g/mol. The first-order valence-corrected chi connectivity index (χ1v) is 3.48. The molecule has 0 aromatic heterocycles. The van der Waals surface area contributed by atoms with Crippen molar-refractivity contribution in [1.29, 1.82) is 0 Å². The SMILES string of the molecule is CO[C@@H](C)[C@@H]1CCN1C. The van der Waals surface area contributed by atoms with Gasteiger partial charge < -0.3 is 9.64 Å². The fourth-order valence-electron chi connectivity index (χ4n) is 1.29. The van der Waals surface area contributed by atoms with Gasteiger partial charge in [-0.1, -0.05) is 0 Å². The molecule has 9 heavy (non-hydrogen) atoms. The van der Waals surface area contributed by atoms with Crippen molar-refractivity contribution in [2.24, 2.45) is 0 Å². The third-order valence-corrected chi connectivity index (χ3v) is 2.26. The lowest BCUT2D eigenvalue weighted by atomic mass is 9.99. The second-order valence-electron chi connectivity index (χ2n) is 2.78. The lowest BCUT2D eigenvalue weighted by Crippen LogP contribution is -2.51. The van der Waals surface area contributed by atoms with Crippen LogP contribution in [0.3, 0.4) is 0 Å². The molecule has 54 valence electrons. The maximum Gasteiger partial charge on any atom is 0.0698 e. The molecule has 1 saturated heterocycles. The monoisotopic (exact) mass is 129 g/mol. The van der Waals surface area contributed by atoms with Crippen LogP contribution in [0.5, 0.6) is 0 Å². The van der Waals surface area contributed by atoms with Gasteiger partial charge in [-0.25, -0.2) is 0 Å². The Morgan fingerprint density at radius 1 is 1.67 bits per heavy atom. The van der Waals surface area contributed by atoms with E-state index in [4.69, 9.17) is 4.74 Å². The van der Waals surface area contributed by atoms with E-state index in [1.165, 1.54) is 13.0 Å². The third-order valence-electron chi connectivity index (χ3n) is 2.26. The summed E-state index contributed by atoms with van der Waals surface area (Å²) >= 11 is 0. The van der Waals surface area contributed by atoms with E-state index in [0.29, 0.717) is 12.1 Å². The summed E-state index contributed by atoms with van der Waals surface area (Å²) in [5, 5.41) is 0. The third kappa shape index (κ3) is 1.25. The molecule has 0 spiro atoms. The van der Waals surface area contributed by atoms with Gasteiger partial charge in [-0.15, -0.1) is 0 Å².